The maximum absolute atomic E-state index is 12.0. The molecule has 2 aromatic rings. The van der Waals surface area contributed by atoms with Crippen LogP contribution < -0.4 is 10.1 Å². The van der Waals surface area contributed by atoms with Crippen LogP contribution in [0.3, 0.4) is 0 Å². The van der Waals surface area contributed by atoms with Gasteiger partial charge in [0.25, 0.3) is 0 Å². The van der Waals surface area contributed by atoms with Crippen LogP contribution in [0.1, 0.15) is 24.7 Å². The monoisotopic (exact) mass is 346 g/mol. The predicted molar refractivity (Wildman–Crippen MR) is 92.5 cm³/mol. The number of benzene rings is 1. The third-order valence-electron chi connectivity index (χ3n) is 3.61. The van der Waals surface area contributed by atoms with Crippen LogP contribution in [0, 0.1) is 24.0 Å². The Labute approximate surface area is 145 Å². The molecule has 1 atom stereocenters. The van der Waals surface area contributed by atoms with Gasteiger partial charge in [0.15, 0.2) is 5.75 Å². The molecular formula is C17H22N4O4. The van der Waals surface area contributed by atoms with Crippen molar-refractivity contribution < 1.29 is 14.5 Å². The Morgan fingerprint density at radius 3 is 2.76 bits per heavy atom. The van der Waals surface area contributed by atoms with Crippen LogP contribution in [0.5, 0.6) is 5.75 Å². The number of rotatable bonds is 8. The number of nitro groups is 1. The molecule has 0 bridgehead atoms. The van der Waals surface area contributed by atoms with Gasteiger partial charge in [-0.2, -0.15) is 5.10 Å². The van der Waals surface area contributed by atoms with Gasteiger partial charge in [-0.05, 0) is 32.9 Å². The van der Waals surface area contributed by atoms with Crippen molar-refractivity contribution in [1.82, 2.24) is 15.1 Å². The molecule has 0 fully saturated rings. The molecule has 1 amide bonds. The molecule has 8 heteroatoms. The van der Waals surface area contributed by atoms with Gasteiger partial charge in [0.2, 0.25) is 5.91 Å². The predicted octanol–water partition coefficient (Wildman–Crippen LogP) is 2.38. The van der Waals surface area contributed by atoms with E-state index < -0.39 is 4.92 Å². The van der Waals surface area contributed by atoms with E-state index >= 15 is 0 Å². The smallest absolute Gasteiger partial charge is 0.310 e. The number of nitro benzene ring substituents is 1. The molecule has 0 aliphatic carbocycles. The largest absolute Gasteiger partial charge is 0.486 e. The maximum atomic E-state index is 12.0. The van der Waals surface area contributed by atoms with Crippen LogP contribution in [-0.4, -0.2) is 33.3 Å². The van der Waals surface area contributed by atoms with E-state index in [1.165, 1.54) is 12.1 Å². The Morgan fingerprint density at radius 1 is 1.40 bits per heavy atom. The lowest BCUT2D eigenvalue weighted by atomic mass is 10.3. The van der Waals surface area contributed by atoms with Crippen LogP contribution in [-0.2, 0) is 11.3 Å². The molecule has 0 radical (unpaired) electrons. The first-order valence-corrected chi connectivity index (χ1v) is 8.03. The fourth-order valence-electron chi connectivity index (χ4n) is 2.50. The van der Waals surface area contributed by atoms with Crippen molar-refractivity contribution in [3.63, 3.8) is 0 Å². The second kappa shape index (κ2) is 8.27. The fourth-order valence-corrected chi connectivity index (χ4v) is 2.50. The molecule has 0 saturated heterocycles. The molecule has 8 nitrogen and oxygen atoms in total. The minimum absolute atomic E-state index is 0.0727. The molecule has 2 rings (SSSR count). The highest BCUT2D eigenvalue weighted by Crippen LogP contribution is 2.25. The highest BCUT2D eigenvalue weighted by atomic mass is 16.6. The summed E-state index contributed by atoms with van der Waals surface area (Å²) in [5.74, 6) is -0.0106. The van der Waals surface area contributed by atoms with Crippen molar-refractivity contribution in [3.05, 3.63) is 51.8 Å². The molecule has 1 heterocycles. The molecule has 0 spiro atoms. The average Bonchev–Trinajstić information content (AvgIpc) is 2.84. The molecule has 1 N–H and O–H groups in total. The second-order valence-corrected chi connectivity index (χ2v) is 5.90. The maximum Gasteiger partial charge on any atom is 0.310 e. The Balaban J connectivity index is 1.79. The van der Waals surface area contributed by atoms with Gasteiger partial charge in [0.05, 0.1) is 30.2 Å². The molecule has 0 aliphatic rings. The summed E-state index contributed by atoms with van der Waals surface area (Å²) in [6, 6.07) is 8.00. The molecule has 0 unspecified atom stereocenters. The Hall–Kier alpha value is -2.90. The molecule has 0 saturated carbocycles. The van der Waals surface area contributed by atoms with Crippen LogP contribution >= 0.6 is 0 Å². The van der Waals surface area contributed by atoms with Gasteiger partial charge in [0.1, 0.15) is 0 Å². The number of aromatic nitrogens is 2. The minimum Gasteiger partial charge on any atom is -0.486 e. The molecule has 25 heavy (non-hydrogen) atoms. The first-order valence-electron chi connectivity index (χ1n) is 8.03. The zero-order valence-electron chi connectivity index (χ0n) is 14.6. The molecular weight excluding hydrogens is 324 g/mol. The van der Waals surface area contributed by atoms with E-state index in [4.69, 9.17) is 4.74 Å². The third kappa shape index (κ3) is 5.30. The summed E-state index contributed by atoms with van der Waals surface area (Å²) in [6.07, 6.45) is 0.119. The summed E-state index contributed by atoms with van der Waals surface area (Å²) in [4.78, 5) is 22.4. The zero-order valence-corrected chi connectivity index (χ0v) is 14.6. The number of para-hydroxylation sites is 2. The van der Waals surface area contributed by atoms with E-state index in [2.05, 4.69) is 10.4 Å². The summed E-state index contributed by atoms with van der Waals surface area (Å²) in [5.41, 5.74) is 1.87. The van der Waals surface area contributed by atoms with E-state index in [-0.39, 0.29) is 36.4 Å². The van der Waals surface area contributed by atoms with Crippen molar-refractivity contribution in [2.75, 3.05) is 6.61 Å². The van der Waals surface area contributed by atoms with Gasteiger partial charge in [-0.1, -0.05) is 12.1 Å². The lowest BCUT2D eigenvalue weighted by molar-refractivity contribution is -0.385. The highest BCUT2D eigenvalue weighted by Gasteiger charge is 2.15. The number of carbonyl (C=O) groups excluding carboxylic acids is 1. The third-order valence-corrected chi connectivity index (χ3v) is 3.61. The standard InChI is InChI=1S/C17H22N4O4/c1-12-10-14(3)20(19-12)11-13(2)18-17(22)8-9-25-16-7-5-4-6-15(16)21(23)24/h4-7,10,13H,8-9,11H2,1-3H3,(H,18,22)/t13-/m0/s1. The summed E-state index contributed by atoms with van der Waals surface area (Å²) in [7, 11) is 0. The normalized spacial score (nSPS) is 11.8. The van der Waals surface area contributed by atoms with Crippen molar-refractivity contribution in [2.45, 2.75) is 39.8 Å². The first kappa shape index (κ1) is 18.4. The Bertz CT molecular complexity index is 757. The summed E-state index contributed by atoms with van der Waals surface area (Å²) in [6.45, 7) is 6.44. The number of amides is 1. The van der Waals surface area contributed by atoms with Gasteiger partial charge in [-0.25, -0.2) is 0 Å². The van der Waals surface area contributed by atoms with Crippen LogP contribution in [0.25, 0.3) is 0 Å². The van der Waals surface area contributed by atoms with Crippen molar-refractivity contribution in [3.8, 4) is 5.75 Å². The van der Waals surface area contributed by atoms with E-state index in [1.807, 2.05) is 31.5 Å². The number of aryl methyl sites for hydroxylation is 2. The highest BCUT2D eigenvalue weighted by molar-refractivity contribution is 5.76. The topological polar surface area (TPSA) is 99.3 Å². The number of hydrogen-bond donors (Lipinski definition) is 1. The lowest BCUT2D eigenvalue weighted by Crippen LogP contribution is -2.36. The van der Waals surface area contributed by atoms with Crippen LogP contribution in [0.4, 0.5) is 5.69 Å². The summed E-state index contributed by atoms with van der Waals surface area (Å²) in [5, 5.41) is 18.1. The minimum atomic E-state index is -0.508. The quantitative estimate of drug-likeness (QED) is 0.584. The van der Waals surface area contributed by atoms with Gasteiger partial charge in [0, 0.05) is 17.8 Å². The van der Waals surface area contributed by atoms with Crippen molar-refractivity contribution in [1.29, 1.82) is 0 Å². The first-order chi connectivity index (χ1) is 11.9. The second-order valence-electron chi connectivity index (χ2n) is 5.90. The number of nitrogens with zero attached hydrogens (tertiary/aromatic N) is 3. The zero-order chi connectivity index (χ0) is 18.4. The average molecular weight is 346 g/mol. The van der Waals surface area contributed by atoms with Crippen LogP contribution in [0.2, 0.25) is 0 Å². The SMILES string of the molecule is Cc1cc(C)n(C[C@H](C)NC(=O)CCOc2ccccc2[N+](=O)[O-])n1. The summed E-state index contributed by atoms with van der Waals surface area (Å²) < 4.78 is 7.22. The number of nitrogens with one attached hydrogen (secondary N) is 1. The van der Waals surface area contributed by atoms with E-state index in [0.717, 1.165) is 11.4 Å². The summed E-state index contributed by atoms with van der Waals surface area (Å²) >= 11 is 0. The number of hydrogen-bond acceptors (Lipinski definition) is 5. The molecule has 1 aromatic carbocycles. The Morgan fingerprint density at radius 2 is 2.12 bits per heavy atom. The van der Waals surface area contributed by atoms with Gasteiger partial charge < -0.3 is 10.1 Å². The molecule has 1 aromatic heterocycles. The molecule has 0 aliphatic heterocycles. The van der Waals surface area contributed by atoms with Gasteiger partial charge >= 0.3 is 5.69 Å². The Kier molecular flexibility index (Phi) is 6.10. The van der Waals surface area contributed by atoms with Gasteiger partial charge in [-0.3, -0.25) is 19.6 Å². The van der Waals surface area contributed by atoms with Crippen LogP contribution in [0.15, 0.2) is 30.3 Å². The number of ether oxygens (including phenoxy) is 1. The fraction of sp³-hybridized carbons (Fsp3) is 0.412. The van der Waals surface area contributed by atoms with E-state index in [0.29, 0.717) is 6.54 Å². The van der Waals surface area contributed by atoms with Gasteiger partial charge in [-0.15, -0.1) is 0 Å². The lowest BCUT2D eigenvalue weighted by Gasteiger charge is -2.15. The number of carbonyl (C=O) groups is 1. The van der Waals surface area contributed by atoms with E-state index in [1.54, 1.807) is 12.1 Å². The van der Waals surface area contributed by atoms with Crippen molar-refractivity contribution >= 4 is 11.6 Å². The molecule has 134 valence electrons. The van der Waals surface area contributed by atoms with Crippen molar-refractivity contribution in [2.24, 2.45) is 0 Å². The van der Waals surface area contributed by atoms with E-state index in [9.17, 15) is 14.9 Å².